The number of nitrogens with zero attached hydrogens (tertiary/aromatic N) is 2. The molecular formula is C37H54ClN3O6S. The van der Waals surface area contributed by atoms with Gasteiger partial charge in [-0.25, -0.2) is 13.1 Å². The van der Waals surface area contributed by atoms with Crippen LogP contribution < -0.4 is 14.4 Å². The predicted molar refractivity (Wildman–Crippen MR) is 192 cm³/mol. The van der Waals surface area contributed by atoms with Crippen molar-refractivity contribution in [2.45, 2.75) is 82.5 Å². The van der Waals surface area contributed by atoms with E-state index in [1.165, 1.54) is 11.1 Å². The molecule has 6 atom stereocenters. The second-order valence-corrected chi connectivity index (χ2v) is 17.1. The van der Waals surface area contributed by atoms with Gasteiger partial charge >= 0.3 is 0 Å². The number of aryl methyl sites for hydroxylation is 1. The monoisotopic (exact) mass is 703 g/mol. The third-order valence-corrected chi connectivity index (χ3v) is 13.0. The van der Waals surface area contributed by atoms with Crippen molar-refractivity contribution < 1.29 is 27.8 Å². The summed E-state index contributed by atoms with van der Waals surface area (Å²) in [6.07, 6.45) is 5.57. The fraction of sp³-hybridized carbons (Fsp3) is 0.649. The van der Waals surface area contributed by atoms with Gasteiger partial charge in [0.05, 0.1) is 36.4 Å². The lowest BCUT2D eigenvalue weighted by Gasteiger charge is -2.49. The van der Waals surface area contributed by atoms with Gasteiger partial charge in [-0.1, -0.05) is 44.4 Å². The zero-order valence-electron chi connectivity index (χ0n) is 29.2. The summed E-state index contributed by atoms with van der Waals surface area (Å²) in [6, 6.07) is 11.3. The van der Waals surface area contributed by atoms with Crippen LogP contribution in [-0.2, 0) is 21.2 Å². The van der Waals surface area contributed by atoms with Crippen LogP contribution >= 0.6 is 11.6 Å². The van der Waals surface area contributed by atoms with E-state index in [9.17, 15) is 18.3 Å². The summed E-state index contributed by atoms with van der Waals surface area (Å²) in [7, 11) is 0.0580. The van der Waals surface area contributed by atoms with Crippen molar-refractivity contribution in [1.29, 1.82) is 0 Å². The molecule has 1 saturated carbocycles. The minimum atomic E-state index is -3.95. The molecule has 48 heavy (non-hydrogen) atoms. The van der Waals surface area contributed by atoms with Crippen LogP contribution in [-0.4, -0.2) is 88.7 Å². The van der Waals surface area contributed by atoms with E-state index < -0.39 is 26.8 Å². The normalized spacial score (nSPS) is 29.3. The highest BCUT2D eigenvalue weighted by atomic mass is 35.5. The molecule has 3 aliphatic rings. The maximum Gasteiger partial charge on any atom is 0.264 e. The summed E-state index contributed by atoms with van der Waals surface area (Å²) in [5, 5.41) is 12.3. The molecule has 266 valence electrons. The largest absolute Gasteiger partial charge is 0.491 e. The standard InChI is InChI=1S/C37H54ClN3O6S/c1-6-8-27-19-31(38)12-13-32(27)30-22-41-21-29-10-14-33(29)37(43,24-46-18-17-40(4)5)16-7-9-25(2)26(3)48(44,45)39-36(42)28-11-15-35(47-23-30)34(41)20-28/h11-13,15,19-20,25-26,29-30,33,43H,6-10,14,16-18,21-24H2,1-5H3,(H,39,42)/t25-,26+,29-,30-,33+,37+/m0/s1. The zero-order valence-corrected chi connectivity index (χ0v) is 30.8. The smallest absolute Gasteiger partial charge is 0.264 e. The predicted octanol–water partition coefficient (Wildman–Crippen LogP) is 5.88. The van der Waals surface area contributed by atoms with Crippen molar-refractivity contribution in [2.24, 2.45) is 17.8 Å². The molecule has 9 nitrogen and oxygen atoms in total. The van der Waals surface area contributed by atoms with E-state index in [4.69, 9.17) is 21.1 Å². The van der Waals surface area contributed by atoms with E-state index in [2.05, 4.69) is 33.6 Å². The number of hydrogen-bond acceptors (Lipinski definition) is 8. The number of amides is 1. The summed E-state index contributed by atoms with van der Waals surface area (Å²) in [5.41, 5.74) is 2.41. The molecule has 1 fully saturated rings. The van der Waals surface area contributed by atoms with Crippen molar-refractivity contribution in [1.82, 2.24) is 9.62 Å². The molecule has 2 N–H and O–H groups in total. The molecule has 2 bridgehead atoms. The molecule has 2 aromatic rings. The number of nitrogens with one attached hydrogen (secondary N) is 1. The molecule has 0 saturated heterocycles. The molecule has 1 amide bonds. The Morgan fingerprint density at radius 1 is 1.12 bits per heavy atom. The number of carbonyl (C=O) groups is 1. The molecule has 11 heteroatoms. The molecule has 2 aromatic carbocycles. The topological polar surface area (TPSA) is 108 Å². The summed E-state index contributed by atoms with van der Waals surface area (Å²) in [5.74, 6) is 0.0836. The zero-order chi connectivity index (χ0) is 34.6. The molecule has 5 rings (SSSR count). The van der Waals surface area contributed by atoms with Crippen LogP contribution in [0.4, 0.5) is 5.69 Å². The van der Waals surface area contributed by atoms with Crippen LogP contribution in [0.3, 0.4) is 0 Å². The molecule has 0 spiro atoms. The van der Waals surface area contributed by atoms with Crippen LogP contribution in [0, 0.1) is 17.8 Å². The Balaban J connectivity index is 1.53. The first-order valence-corrected chi connectivity index (χ1v) is 19.5. The second kappa shape index (κ2) is 15.7. The average Bonchev–Trinajstić information content (AvgIpc) is 3.19. The fourth-order valence-corrected chi connectivity index (χ4v) is 9.15. The molecule has 0 radical (unpaired) electrons. The van der Waals surface area contributed by atoms with Gasteiger partial charge in [0.25, 0.3) is 5.91 Å². The highest BCUT2D eigenvalue weighted by molar-refractivity contribution is 7.90. The van der Waals surface area contributed by atoms with Gasteiger partial charge < -0.3 is 24.4 Å². The number of carbonyl (C=O) groups excluding carboxylic acids is 1. The van der Waals surface area contributed by atoms with Crippen molar-refractivity contribution >= 4 is 33.2 Å². The minimum absolute atomic E-state index is 0.0324. The first-order chi connectivity index (χ1) is 22.8. The summed E-state index contributed by atoms with van der Waals surface area (Å²) in [6.45, 7) is 9.02. The minimum Gasteiger partial charge on any atom is -0.491 e. The molecular weight excluding hydrogens is 650 g/mol. The van der Waals surface area contributed by atoms with E-state index >= 15 is 0 Å². The van der Waals surface area contributed by atoms with Gasteiger partial charge in [0.1, 0.15) is 5.75 Å². The Morgan fingerprint density at radius 2 is 1.92 bits per heavy atom. The van der Waals surface area contributed by atoms with E-state index in [1.54, 1.807) is 25.1 Å². The van der Waals surface area contributed by atoms with Crippen LogP contribution in [0.15, 0.2) is 36.4 Å². The number of likely N-dealkylation sites (N-methyl/N-ethyl adjacent to an activating group) is 1. The first kappa shape index (κ1) is 36.9. The number of fused-ring (bicyclic) bond motifs is 2. The molecule has 2 aliphatic heterocycles. The first-order valence-electron chi connectivity index (χ1n) is 17.6. The quantitative estimate of drug-likeness (QED) is 0.329. The number of benzene rings is 2. The van der Waals surface area contributed by atoms with E-state index in [1.807, 2.05) is 27.1 Å². The number of anilines is 1. The second-order valence-electron chi connectivity index (χ2n) is 14.6. The fourth-order valence-electron chi connectivity index (χ4n) is 7.65. The number of ether oxygens (including phenoxy) is 2. The van der Waals surface area contributed by atoms with Crippen molar-refractivity contribution in [3.8, 4) is 5.75 Å². The van der Waals surface area contributed by atoms with Crippen LogP contribution in [0.2, 0.25) is 5.02 Å². The van der Waals surface area contributed by atoms with Gasteiger partial charge in [0, 0.05) is 36.1 Å². The Bertz CT molecular complexity index is 1540. The summed E-state index contributed by atoms with van der Waals surface area (Å²) in [4.78, 5) is 17.8. The molecule has 0 unspecified atom stereocenters. The lowest BCUT2D eigenvalue weighted by Crippen LogP contribution is -2.53. The van der Waals surface area contributed by atoms with Gasteiger partial charge in [-0.2, -0.15) is 0 Å². The number of hydrogen-bond donors (Lipinski definition) is 2. The molecule has 2 heterocycles. The van der Waals surface area contributed by atoms with E-state index in [0.717, 1.165) is 37.9 Å². The van der Waals surface area contributed by atoms with Crippen LogP contribution in [0.1, 0.15) is 86.7 Å². The lowest BCUT2D eigenvalue weighted by atomic mass is 9.63. The Kier molecular flexibility index (Phi) is 12.0. The highest BCUT2D eigenvalue weighted by Crippen LogP contribution is 2.47. The molecule has 0 aromatic heterocycles. The average molecular weight is 704 g/mol. The Hall–Kier alpha value is -2.37. The SMILES string of the molecule is CCCc1cc(Cl)ccc1[C@@H]1COc2ccc3cc2N(C1)C[C@@H]1CC[C@H]1[C@](O)(COCCN(C)C)CCC[C@H](C)[C@@H](C)S(=O)(=O)NC3=O. The number of sulfonamides is 1. The lowest BCUT2D eigenvalue weighted by molar-refractivity contribution is -0.133. The maximum atomic E-state index is 13.5. The van der Waals surface area contributed by atoms with Gasteiger partial charge in [-0.3, -0.25) is 4.79 Å². The molecule has 1 aliphatic carbocycles. The van der Waals surface area contributed by atoms with Gasteiger partial charge in [0.2, 0.25) is 10.0 Å². The third kappa shape index (κ3) is 8.49. The van der Waals surface area contributed by atoms with E-state index in [-0.39, 0.29) is 35.8 Å². The highest BCUT2D eigenvalue weighted by Gasteiger charge is 2.47. The Labute approximate surface area is 292 Å². The number of rotatable bonds is 8. The maximum absolute atomic E-state index is 13.5. The van der Waals surface area contributed by atoms with Gasteiger partial charge in [-0.05, 0) is 112 Å². The van der Waals surface area contributed by atoms with Crippen molar-refractivity contribution in [2.75, 3.05) is 58.5 Å². The van der Waals surface area contributed by atoms with Crippen molar-refractivity contribution in [3.63, 3.8) is 0 Å². The van der Waals surface area contributed by atoms with Crippen molar-refractivity contribution in [3.05, 3.63) is 58.1 Å². The van der Waals surface area contributed by atoms with Crippen LogP contribution in [0.5, 0.6) is 5.75 Å². The summed E-state index contributed by atoms with van der Waals surface area (Å²) >= 11 is 6.43. The third-order valence-electron chi connectivity index (χ3n) is 10.9. The van der Waals surface area contributed by atoms with E-state index in [0.29, 0.717) is 56.3 Å². The van der Waals surface area contributed by atoms with Gasteiger partial charge in [-0.15, -0.1) is 0 Å². The van der Waals surface area contributed by atoms with Crippen LogP contribution in [0.25, 0.3) is 0 Å². The number of aliphatic hydroxyl groups is 1. The van der Waals surface area contributed by atoms with Gasteiger partial charge in [0.15, 0.2) is 0 Å². The summed E-state index contributed by atoms with van der Waals surface area (Å²) < 4.78 is 41.7. The Morgan fingerprint density at radius 3 is 2.62 bits per heavy atom. The number of halogens is 1.